The average Bonchev–Trinajstić information content (AvgIpc) is 2.92. The van der Waals surface area contributed by atoms with Crippen molar-refractivity contribution in [2.24, 2.45) is 5.92 Å². The Balaban J connectivity index is 1.71. The van der Waals surface area contributed by atoms with Crippen molar-refractivity contribution >= 4 is 23.7 Å². The van der Waals surface area contributed by atoms with E-state index < -0.39 is 7.14 Å². The minimum Gasteiger partial charge on any atom is -0.465 e. The van der Waals surface area contributed by atoms with E-state index in [0.717, 1.165) is 29.1 Å². The van der Waals surface area contributed by atoms with E-state index >= 15 is 0 Å². The number of methoxy groups -OCH3 is 1. The molecule has 2 aliphatic rings. The third-order valence-electron chi connectivity index (χ3n) is 4.20. The Morgan fingerprint density at radius 3 is 2.78 bits per heavy atom. The molecule has 3 rings (SSSR count). The van der Waals surface area contributed by atoms with Crippen molar-refractivity contribution in [3.63, 3.8) is 0 Å². The summed E-state index contributed by atoms with van der Waals surface area (Å²) in [6, 6.07) is 5.31. The minimum absolute atomic E-state index is 0.352. The van der Waals surface area contributed by atoms with E-state index in [0.29, 0.717) is 5.56 Å². The maximum Gasteiger partial charge on any atom is 0.337 e. The first-order chi connectivity index (χ1) is 8.65. The highest BCUT2D eigenvalue weighted by Crippen LogP contribution is 2.56. The fraction of sp³-hybridized carbons (Fsp3) is 0.500. The van der Waals surface area contributed by atoms with Crippen molar-refractivity contribution in [3.05, 3.63) is 23.8 Å². The molecule has 1 saturated carbocycles. The van der Waals surface area contributed by atoms with E-state index in [4.69, 9.17) is 0 Å². The molecule has 0 amide bonds. The van der Waals surface area contributed by atoms with Crippen LogP contribution in [0.5, 0.6) is 0 Å². The van der Waals surface area contributed by atoms with E-state index in [1.807, 2.05) is 6.07 Å². The van der Waals surface area contributed by atoms with E-state index in [1.165, 1.54) is 26.4 Å². The van der Waals surface area contributed by atoms with Gasteiger partial charge in [-0.1, -0.05) is 19.3 Å². The monoisotopic (exact) mass is 264 g/mol. The van der Waals surface area contributed by atoms with E-state index in [2.05, 4.69) is 4.74 Å². The zero-order valence-corrected chi connectivity index (χ0v) is 11.4. The van der Waals surface area contributed by atoms with Crippen LogP contribution < -0.4 is 10.6 Å². The highest BCUT2D eigenvalue weighted by molar-refractivity contribution is 7.89. The summed E-state index contributed by atoms with van der Waals surface area (Å²) in [6.07, 6.45) is 5.78. The molecule has 4 heteroatoms. The normalized spacial score (nSPS) is 25.2. The lowest BCUT2D eigenvalue weighted by atomic mass is 9.84. The Labute approximate surface area is 107 Å². The van der Waals surface area contributed by atoms with Gasteiger partial charge in [-0.2, -0.15) is 0 Å². The number of esters is 1. The molecule has 0 saturated heterocycles. The van der Waals surface area contributed by atoms with Crippen LogP contribution in [0, 0.1) is 5.92 Å². The van der Waals surface area contributed by atoms with Gasteiger partial charge >= 0.3 is 5.97 Å². The zero-order chi connectivity index (χ0) is 12.8. The number of carbonyl (C=O) groups is 1. The summed E-state index contributed by atoms with van der Waals surface area (Å²) in [7, 11) is -0.867. The van der Waals surface area contributed by atoms with Crippen LogP contribution >= 0.6 is 7.14 Å². The number of rotatable bonds is 4. The van der Waals surface area contributed by atoms with Gasteiger partial charge < -0.3 is 9.30 Å². The lowest BCUT2D eigenvalue weighted by Gasteiger charge is -2.24. The Morgan fingerprint density at radius 2 is 2.17 bits per heavy atom. The summed E-state index contributed by atoms with van der Waals surface area (Å²) in [6.45, 7) is 0. The fourth-order valence-corrected chi connectivity index (χ4v) is 5.63. The molecule has 3 nitrogen and oxygen atoms in total. The van der Waals surface area contributed by atoms with Crippen LogP contribution in [0.2, 0.25) is 0 Å². The zero-order valence-electron chi connectivity index (χ0n) is 10.5. The lowest BCUT2D eigenvalue weighted by Crippen LogP contribution is -2.11. The molecule has 0 radical (unpaired) electrons. The SMILES string of the molecule is COC(=O)c1ccc2c(c1)P2(=O)CCC1CCC1. The van der Waals surface area contributed by atoms with Gasteiger partial charge in [-0.05, 0) is 30.5 Å². The summed E-state index contributed by atoms with van der Waals surface area (Å²) in [5.41, 5.74) is 0.512. The van der Waals surface area contributed by atoms with Crippen LogP contribution in [0.25, 0.3) is 0 Å². The molecule has 1 heterocycles. The second-order valence-corrected chi connectivity index (χ2v) is 8.13. The first-order valence-electron chi connectivity index (χ1n) is 6.48. The van der Waals surface area contributed by atoms with Gasteiger partial charge in [0.25, 0.3) is 0 Å². The number of ether oxygens (including phenoxy) is 1. The van der Waals surface area contributed by atoms with Crippen LogP contribution in [-0.4, -0.2) is 19.2 Å². The van der Waals surface area contributed by atoms with Gasteiger partial charge in [0.2, 0.25) is 0 Å². The van der Waals surface area contributed by atoms with Gasteiger partial charge in [0.1, 0.15) is 7.14 Å². The van der Waals surface area contributed by atoms with Gasteiger partial charge in [-0.15, -0.1) is 0 Å². The highest BCUT2D eigenvalue weighted by Gasteiger charge is 2.45. The minimum atomic E-state index is -2.23. The molecule has 1 aliphatic heterocycles. The van der Waals surface area contributed by atoms with Crippen molar-refractivity contribution < 1.29 is 14.1 Å². The topological polar surface area (TPSA) is 43.4 Å². The van der Waals surface area contributed by atoms with Crippen LogP contribution in [0.1, 0.15) is 36.0 Å². The van der Waals surface area contributed by atoms with E-state index in [9.17, 15) is 9.36 Å². The van der Waals surface area contributed by atoms with Crippen molar-refractivity contribution in [3.8, 4) is 0 Å². The number of hydrogen-bond donors (Lipinski definition) is 0. The Morgan fingerprint density at radius 1 is 1.39 bits per heavy atom. The van der Waals surface area contributed by atoms with Crippen LogP contribution in [-0.2, 0) is 9.30 Å². The molecule has 0 aromatic heterocycles. The van der Waals surface area contributed by atoms with Crippen molar-refractivity contribution in [2.45, 2.75) is 25.7 Å². The lowest BCUT2D eigenvalue weighted by molar-refractivity contribution is 0.0601. The summed E-state index contributed by atoms with van der Waals surface area (Å²) >= 11 is 0. The molecule has 0 N–H and O–H groups in total. The van der Waals surface area contributed by atoms with Crippen LogP contribution in [0.4, 0.5) is 0 Å². The summed E-state index contributed by atoms with van der Waals surface area (Å²) in [5.74, 6) is 0.433. The van der Waals surface area contributed by atoms with Crippen molar-refractivity contribution in [1.29, 1.82) is 0 Å². The molecule has 1 aromatic carbocycles. The first kappa shape index (κ1) is 12.0. The van der Waals surface area contributed by atoms with Gasteiger partial charge in [0.15, 0.2) is 0 Å². The largest absolute Gasteiger partial charge is 0.465 e. The van der Waals surface area contributed by atoms with E-state index in [1.54, 1.807) is 12.1 Å². The van der Waals surface area contributed by atoms with Crippen molar-refractivity contribution in [2.75, 3.05) is 13.3 Å². The van der Waals surface area contributed by atoms with Crippen LogP contribution in [0.15, 0.2) is 18.2 Å². The molecule has 1 atom stereocenters. The molecule has 1 unspecified atom stereocenters. The molecule has 0 spiro atoms. The summed E-state index contributed by atoms with van der Waals surface area (Å²) in [4.78, 5) is 11.4. The third-order valence-corrected chi connectivity index (χ3v) is 7.18. The average molecular weight is 264 g/mol. The number of fused-ring (bicyclic) bond motifs is 1. The Kier molecular flexibility index (Phi) is 2.82. The van der Waals surface area contributed by atoms with Gasteiger partial charge in [-0.25, -0.2) is 4.79 Å². The molecule has 18 heavy (non-hydrogen) atoms. The molecular formula is C14H17O3P. The maximum atomic E-state index is 12.7. The summed E-state index contributed by atoms with van der Waals surface area (Å²) < 4.78 is 17.3. The Bertz CT molecular complexity index is 546. The highest BCUT2D eigenvalue weighted by atomic mass is 31.2. The standard InChI is InChI=1S/C14H17O3P/c1-17-14(15)11-5-6-12-13(9-11)18(12,16)8-7-10-3-2-4-10/h5-6,9-10H,2-4,7-8H2,1H3. The van der Waals surface area contributed by atoms with Gasteiger partial charge in [0.05, 0.1) is 12.7 Å². The smallest absolute Gasteiger partial charge is 0.337 e. The first-order valence-corrected chi connectivity index (χ1v) is 8.37. The van der Waals surface area contributed by atoms with Crippen molar-refractivity contribution in [1.82, 2.24) is 0 Å². The third kappa shape index (κ3) is 1.81. The number of benzene rings is 1. The second-order valence-electron chi connectivity index (χ2n) is 5.24. The maximum absolute atomic E-state index is 12.7. The summed E-state index contributed by atoms with van der Waals surface area (Å²) in [5, 5.41) is 1.89. The quantitative estimate of drug-likeness (QED) is 0.619. The fourth-order valence-electron chi connectivity index (χ4n) is 2.68. The molecule has 0 bridgehead atoms. The molecular weight excluding hydrogens is 247 g/mol. The predicted molar refractivity (Wildman–Crippen MR) is 71.5 cm³/mol. The predicted octanol–water partition coefficient (Wildman–Crippen LogP) is 2.29. The second kappa shape index (κ2) is 4.24. The van der Waals surface area contributed by atoms with Gasteiger partial charge in [0, 0.05) is 16.8 Å². The number of carbonyl (C=O) groups excluding carboxylic acids is 1. The molecule has 1 fully saturated rings. The molecule has 1 aromatic rings. The number of hydrogen-bond acceptors (Lipinski definition) is 3. The van der Waals surface area contributed by atoms with E-state index in [-0.39, 0.29) is 5.97 Å². The Hall–Kier alpha value is -1.08. The molecule has 1 aliphatic carbocycles. The molecule has 96 valence electrons. The van der Waals surface area contributed by atoms with Gasteiger partial charge in [-0.3, -0.25) is 0 Å². The van der Waals surface area contributed by atoms with Crippen LogP contribution in [0.3, 0.4) is 0 Å².